The van der Waals surface area contributed by atoms with Gasteiger partial charge in [0.2, 0.25) is 5.91 Å². The minimum Gasteiger partial charge on any atom is -0.480 e. The average Bonchev–Trinajstić information content (AvgIpc) is 2.42. The molecule has 0 radical (unpaired) electrons. The summed E-state index contributed by atoms with van der Waals surface area (Å²) < 4.78 is 42.4. The molecular weight excluding hydrogens is 303 g/mol. The number of carbonyl (C=O) groups excluding carboxylic acids is 1. The van der Waals surface area contributed by atoms with Crippen LogP contribution in [0.3, 0.4) is 0 Å². The normalized spacial score (nSPS) is 12.7. The van der Waals surface area contributed by atoms with Gasteiger partial charge in [-0.2, -0.15) is 13.2 Å². The summed E-state index contributed by atoms with van der Waals surface area (Å²) in [4.78, 5) is 22.7. The minimum atomic E-state index is -4.49. The van der Waals surface area contributed by atoms with E-state index in [0.717, 1.165) is 12.1 Å². The Kier molecular flexibility index (Phi) is 6.36. The number of methoxy groups -OCH3 is 1. The van der Waals surface area contributed by atoms with Gasteiger partial charge in [0.25, 0.3) is 0 Å². The van der Waals surface area contributed by atoms with Gasteiger partial charge in [0.1, 0.15) is 6.04 Å². The van der Waals surface area contributed by atoms with E-state index in [4.69, 9.17) is 9.84 Å². The number of carbonyl (C=O) groups is 2. The molecule has 122 valence electrons. The second kappa shape index (κ2) is 7.79. The third-order valence-electron chi connectivity index (χ3n) is 2.86. The monoisotopic (exact) mass is 319 g/mol. The molecule has 0 aliphatic heterocycles. The average molecular weight is 319 g/mol. The molecule has 1 unspecified atom stereocenters. The Morgan fingerprint density at radius 1 is 1.36 bits per heavy atom. The predicted octanol–water partition coefficient (Wildman–Crippen LogP) is 1.85. The van der Waals surface area contributed by atoms with Gasteiger partial charge < -0.3 is 15.2 Å². The number of nitrogens with one attached hydrogen (secondary N) is 1. The topological polar surface area (TPSA) is 75.6 Å². The van der Waals surface area contributed by atoms with Gasteiger partial charge in [-0.1, -0.05) is 18.2 Å². The van der Waals surface area contributed by atoms with Crippen LogP contribution in [0.2, 0.25) is 0 Å². The third kappa shape index (κ3) is 5.72. The SMILES string of the molecule is COCCC(NC(=O)Cc1cccc(C(F)(F)F)c1)C(=O)O. The Labute approximate surface area is 125 Å². The highest BCUT2D eigenvalue weighted by molar-refractivity contribution is 5.84. The van der Waals surface area contributed by atoms with Gasteiger partial charge in [-0.3, -0.25) is 4.79 Å². The first kappa shape index (κ1) is 18.0. The van der Waals surface area contributed by atoms with Crippen LogP contribution in [0.25, 0.3) is 0 Å². The van der Waals surface area contributed by atoms with Crippen LogP contribution in [0.4, 0.5) is 13.2 Å². The van der Waals surface area contributed by atoms with E-state index in [1.807, 2.05) is 0 Å². The van der Waals surface area contributed by atoms with Crippen LogP contribution >= 0.6 is 0 Å². The van der Waals surface area contributed by atoms with E-state index in [0.29, 0.717) is 0 Å². The number of hydrogen-bond acceptors (Lipinski definition) is 3. The molecule has 1 aromatic rings. The summed E-state index contributed by atoms with van der Waals surface area (Å²) in [6.45, 7) is 0.140. The van der Waals surface area contributed by atoms with E-state index in [2.05, 4.69) is 5.32 Å². The van der Waals surface area contributed by atoms with Crippen molar-refractivity contribution in [1.29, 1.82) is 0 Å². The molecule has 1 amide bonds. The Morgan fingerprint density at radius 2 is 2.05 bits per heavy atom. The van der Waals surface area contributed by atoms with Crippen LogP contribution < -0.4 is 5.32 Å². The third-order valence-corrected chi connectivity index (χ3v) is 2.86. The van der Waals surface area contributed by atoms with E-state index < -0.39 is 29.7 Å². The summed E-state index contributed by atoms with van der Waals surface area (Å²) in [5.74, 6) is -1.89. The zero-order valence-corrected chi connectivity index (χ0v) is 11.8. The summed E-state index contributed by atoms with van der Waals surface area (Å²) in [6.07, 6.45) is -4.75. The minimum absolute atomic E-state index is 0.0696. The molecule has 5 nitrogen and oxygen atoms in total. The van der Waals surface area contributed by atoms with E-state index in [9.17, 15) is 22.8 Å². The van der Waals surface area contributed by atoms with Crippen molar-refractivity contribution in [1.82, 2.24) is 5.32 Å². The molecule has 0 bridgehead atoms. The highest BCUT2D eigenvalue weighted by atomic mass is 19.4. The number of hydrogen-bond donors (Lipinski definition) is 2. The van der Waals surface area contributed by atoms with Crippen LogP contribution in [0.5, 0.6) is 0 Å². The number of carboxylic acid groups (broad SMARTS) is 1. The maximum Gasteiger partial charge on any atom is 0.416 e. The smallest absolute Gasteiger partial charge is 0.416 e. The fraction of sp³-hybridized carbons (Fsp3) is 0.429. The fourth-order valence-electron chi connectivity index (χ4n) is 1.78. The number of alkyl halides is 3. The maximum atomic E-state index is 12.6. The van der Waals surface area contributed by atoms with Crippen molar-refractivity contribution in [2.75, 3.05) is 13.7 Å². The van der Waals surface area contributed by atoms with E-state index >= 15 is 0 Å². The largest absolute Gasteiger partial charge is 0.480 e. The highest BCUT2D eigenvalue weighted by Crippen LogP contribution is 2.29. The van der Waals surface area contributed by atoms with Crippen molar-refractivity contribution in [3.8, 4) is 0 Å². The Hall–Kier alpha value is -2.09. The molecular formula is C14H16F3NO4. The zero-order chi connectivity index (χ0) is 16.8. The molecule has 0 aliphatic carbocycles. The molecule has 0 spiro atoms. The number of aliphatic carboxylic acids is 1. The standard InChI is InChI=1S/C14H16F3NO4/c1-22-6-5-11(13(20)21)18-12(19)8-9-3-2-4-10(7-9)14(15,16)17/h2-4,7,11H,5-6,8H2,1H3,(H,18,19)(H,20,21). The van der Waals surface area contributed by atoms with Gasteiger partial charge >= 0.3 is 12.1 Å². The molecule has 0 heterocycles. The van der Waals surface area contributed by atoms with E-state index in [1.54, 1.807) is 0 Å². The quantitative estimate of drug-likeness (QED) is 0.804. The second-order valence-electron chi connectivity index (χ2n) is 4.61. The summed E-state index contributed by atoms with van der Waals surface area (Å²) in [5, 5.41) is 11.2. The first-order valence-corrected chi connectivity index (χ1v) is 6.41. The van der Waals surface area contributed by atoms with Gasteiger partial charge in [0.05, 0.1) is 12.0 Å². The van der Waals surface area contributed by atoms with Crippen LogP contribution in [0.1, 0.15) is 17.5 Å². The summed E-state index contributed by atoms with van der Waals surface area (Å²) in [7, 11) is 1.39. The van der Waals surface area contributed by atoms with Crippen LogP contribution in [-0.2, 0) is 26.9 Å². The molecule has 1 atom stereocenters. The molecule has 0 saturated carbocycles. The summed E-state index contributed by atoms with van der Waals surface area (Å²) in [6, 6.07) is 3.20. The summed E-state index contributed by atoms with van der Waals surface area (Å²) in [5.41, 5.74) is -0.699. The van der Waals surface area contributed by atoms with Crippen molar-refractivity contribution < 1.29 is 32.6 Å². The Morgan fingerprint density at radius 3 is 2.59 bits per heavy atom. The lowest BCUT2D eigenvalue weighted by atomic mass is 10.1. The Bertz CT molecular complexity index is 531. The molecule has 0 aromatic heterocycles. The van der Waals surface area contributed by atoms with Gasteiger partial charge in [-0.05, 0) is 11.6 Å². The zero-order valence-electron chi connectivity index (χ0n) is 11.8. The van der Waals surface area contributed by atoms with Gasteiger partial charge in [-0.15, -0.1) is 0 Å². The maximum absolute atomic E-state index is 12.6. The van der Waals surface area contributed by atoms with Gasteiger partial charge in [0.15, 0.2) is 0 Å². The first-order chi connectivity index (χ1) is 10.2. The van der Waals surface area contributed by atoms with Crippen LogP contribution in [0.15, 0.2) is 24.3 Å². The van der Waals surface area contributed by atoms with Crippen molar-refractivity contribution in [3.05, 3.63) is 35.4 Å². The fourth-order valence-corrected chi connectivity index (χ4v) is 1.78. The van der Waals surface area contributed by atoms with Crippen molar-refractivity contribution in [3.63, 3.8) is 0 Å². The number of rotatable bonds is 7. The van der Waals surface area contributed by atoms with Crippen LogP contribution in [0, 0.1) is 0 Å². The molecule has 0 fully saturated rings. The Balaban J connectivity index is 2.70. The predicted molar refractivity (Wildman–Crippen MR) is 71.2 cm³/mol. The number of halogens is 3. The molecule has 0 aliphatic rings. The summed E-state index contributed by atoms with van der Waals surface area (Å²) >= 11 is 0. The molecule has 0 saturated heterocycles. The molecule has 1 aromatic carbocycles. The lowest BCUT2D eigenvalue weighted by Gasteiger charge is -2.14. The molecule has 8 heteroatoms. The van der Waals surface area contributed by atoms with Gasteiger partial charge in [0, 0.05) is 20.1 Å². The first-order valence-electron chi connectivity index (χ1n) is 6.41. The van der Waals surface area contributed by atoms with Crippen LogP contribution in [-0.4, -0.2) is 36.7 Å². The number of benzene rings is 1. The van der Waals surface area contributed by atoms with E-state index in [-0.39, 0.29) is 25.0 Å². The van der Waals surface area contributed by atoms with Crippen molar-refractivity contribution in [2.24, 2.45) is 0 Å². The lowest BCUT2D eigenvalue weighted by molar-refractivity contribution is -0.142. The van der Waals surface area contributed by atoms with Crippen molar-refractivity contribution in [2.45, 2.75) is 25.1 Å². The molecule has 2 N–H and O–H groups in total. The molecule has 22 heavy (non-hydrogen) atoms. The van der Waals surface area contributed by atoms with E-state index in [1.165, 1.54) is 19.2 Å². The van der Waals surface area contributed by atoms with Crippen molar-refractivity contribution >= 4 is 11.9 Å². The second-order valence-corrected chi connectivity index (χ2v) is 4.61. The number of ether oxygens (including phenoxy) is 1. The number of carboxylic acids is 1. The molecule has 1 rings (SSSR count). The number of amides is 1. The van der Waals surface area contributed by atoms with Gasteiger partial charge in [-0.25, -0.2) is 4.79 Å². The highest BCUT2D eigenvalue weighted by Gasteiger charge is 2.30. The lowest BCUT2D eigenvalue weighted by Crippen LogP contribution is -2.42.